The lowest BCUT2D eigenvalue weighted by Crippen LogP contribution is -2.06. The molecule has 0 aliphatic heterocycles. The number of aryl methyl sites for hydroxylation is 1. The van der Waals surface area contributed by atoms with E-state index in [-0.39, 0.29) is 12.6 Å². The van der Waals surface area contributed by atoms with Gasteiger partial charge in [0.2, 0.25) is 0 Å². The van der Waals surface area contributed by atoms with Gasteiger partial charge in [0.15, 0.2) is 0 Å². The summed E-state index contributed by atoms with van der Waals surface area (Å²) in [5.41, 5.74) is 2.77. The van der Waals surface area contributed by atoms with Crippen LogP contribution in [0.5, 0.6) is 5.75 Å². The number of methoxy groups -OCH3 is 1. The molecule has 0 spiro atoms. The number of hydrogen-bond acceptors (Lipinski definition) is 5. The molecule has 6 heteroatoms. The number of halogens is 1. The van der Waals surface area contributed by atoms with Crippen molar-refractivity contribution in [3.05, 3.63) is 69.6 Å². The molecule has 0 atom stereocenters. The number of nitrogens with zero attached hydrogens (tertiary/aromatic N) is 1. The van der Waals surface area contributed by atoms with Crippen molar-refractivity contribution in [3.63, 3.8) is 0 Å². The first kappa shape index (κ1) is 18.6. The number of esters is 1. The summed E-state index contributed by atoms with van der Waals surface area (Å²) in [6, 6.07) is 15.7. The van der Waals surface area contributed by atoms with Crippen molar-refractivity contribution in [2.24, 2.45) is 0 Å². The van der Waals surface area contributed by atoms with Crippen LogP contribution in [0.25, 0.3) is 10.6 Å². The Kier molecular flexibility index (Phi) is 6.41. The molecule has 0 N–H and O–H groups in total. The standard InChI is InChI=1S/C20H18BrNO3S/c1-24-18-9-8-15(21)11-17(18)20-22-16(13-26-20)12-25-19(23)10-7-14-5-3-2-4-6-14/h2-6,8-9,11,13H,7,10,12H2,1H3. The first-order valence-electron chi connectivity index (χ1n) is 8.13. The van der Waals surface area contributed by atoms with E-state index in [0.29, 0.717) is 12.8 Å². The predicted octanol–water partition coefficient (Wildman–Crippen LogP) is 5.26. The van der Waals surface area contributed by atoms with Gasteiger partial charge in [-0.1, -0.05) is 46.3 Å². The number of carbonyl (C=O) groups is 1. The van der Waals surface area contributed by atoms with Crippen LogP contribution in [0.2, 0.25) is 0 Å². The number of thiazole rings is 1. The van der Waals surface area contributed by atoms with E-state index in [4.69, 9.17) is 9.47 Å². The Bertz CT molecular complexity index is 880. The van der Waals surface area contributed by atoms with Crippen LogP contribution in [0, 0.1) is 0 Å². The van der Waals surface area contributed by atoms with Crippen LogP contribution in [-0.2, 0) is 22.6 Å². The van der Waals surface area contributed by atoms with Crippen molar-refractivity contribution in [3.8, 4) is 16.3 Å². The van der Waals surface area contributed by atoms with Gasteiger partial charge >= 0.3 is 5.97 Å². The SMILES string of the molecule is COc1ccc(Br)cc1-c1nc(COC(=O)CCc2ccccc2)cs1. The number of aromatic nitrogens is 1. The maximum absolute atomic E-state index is 11.9. The molecular formula is C20H18BrNO3S. The monoisotopic (exact) mass is 431 g/mol. The van der Waals surface area contributed by atoms with E-state index in [1.165, 1.54) is 11.3 Å². The highest BCUT2D eigenvalue weighted by Crippen LogP contribution is 2.34. The molecule has 1 aromatic heterocycles. The molecule has 0 radical (unpaired) electrons. The van der Waals surface area contributed by atoms with E-state index < -0.39 is 0 Å². The summed E-state index contributed by atoms with van der Waals surface area (Å²) in [7, 11) is 1.63. The van der Waals surface area contributed by atoms with Gasteiger partial charge in [-0.15, -0.1) is 11.3 Å². The van der Waals surface area contributed by atoms with E-state index in [2.05, 4.69) is 20.9 Å². The summed E-state index contributed by atoms with van der Waals surface area (Å²) in [5.74, 6) is 0.539. The lowest BCUT2D eigenvalue weighted by Gasteiger charge is -2.06. The average molecular weight is 432 g/mol. The summed E-state index contributed by atoms with van der Waals surface area (Å²) < 4.78 is 11.7. The van der Waals surface area contributed by atoms with E-state index in [1.807, 2.05) is 53.9 Å². The lowest BCUT2D eigenvalue weighted by atomic mass is 10.1. The van der Waals surface area contributed by atoms with Gasteiger partial charge in [-0.2, -0.15) is 0 Å². The van der Waals surface area contributed by atoms with Crippen molar-refractivity contribution < 1.29 is 14.3 Å². The maximum atomic E-state index is 11.9. The number of rotatable bonds is 7. The van der Waals surface area contributed by atoms with Crippen molar-refractivity contribution in [2.75, 3.05) is 7.11 Å². The molecule has 0 aliphatic rings. The molecule has 26 heavy (non-hydrogen) atoms. The van der Waals surface area contributed by atoms with Gasteiger partial charge in [-0.3, -0.25) is 4.79 Å². The summed E-state index contributed by atoms with van der Waals surface area (Å²) in [4.78, 5) is 16.5. The van der Waals surface area contributed by atoms with Gasteiger partial charge in [0.05, 0.1) is 18.4 Å². The predicted molar refractivity (Wildman–Crippen MR) is 106 cm³/mol. The highest BCUT2D eigenvalue weighted by molar-refractivity contribution is 9.10. The Balaban J connectivity index is 1.57. The summed E-state index contributed by atoms with van der Waals surface area (Å²) in [5, 5.41) is 2.73. The minimum Gasteiger partial charge on any atom is -0.496 e. The number of carbonyl (C=O) groups excluding carboxylic acids is 1. The second-order valence-corrected chi connectivity index (χ2v) is 7.41. The summed E-state index contributed by atoms with van der Waals surface area (Å²) in [6.45, 7) is 0.181. The Labute approximate surface area is 164 Å². The molecule has 0 saturated carbocycles. The van der Waals surface area contributed by atoms with Crippen molar-refractivity contribution in [1.82, 2.24) is 4.98 Å². The molecule has 4 nitrogen and oxygen atoms in total. The molecule has 134 valence electrons. The molecular weight excluding hydrogens is 414 g/mol. The molecule has 3 rings (SSSR count). The quantitative estimate of drug-likeness (QED) is 0.478. The molecule has 0 amide bonds. The molecule has 2 aromatic carbocycles. The van der Waals surface area contributed by atoms with Gasteiger partial charge in [0, 0.05) is 16.3 Å². The lowest BCUT2D eigenvalue weighted by molar-refractivity contribution is -0.145. The van der Waals surface area contributed by atoms with Crippen LogP contribution in [0.1, 0.15) is 17.7 Å². The second-order valence-electron chi connectivity index (χ2n) is 5.63. The summed E-state index contributed by atoms with van der Waals surface area (Å²) >= 11 is 4.97. The van der Waals surface area contributed by atoms with Crippen molar-refractivity contribution in [2.45, 2.75) is 19.4 Å². The van der Waals surface area contributed by atoms with Crippen LogP contribution < -0.4 is 4.74 Å². The second kappa shape index (κ2) is 8.96. The molecule has 0 bridgehead atoms. The minimum absolute atomic E-state index is 0.181. The van der Waals surface area contributed by atoms with E-state index >= 15 is 0 Å². The Morgan fingerprint density at radius 1 is 1.19 bits per heavy atom. The topological polar surface area (TPSA) is 48.4 Å². The Morgan fingerprint density at radius 3 is 2.77 bits per heavy atom. The van der Waals surface area contributed by atoms with E-state index in [0.717, 1.165) is 32.1 Å². The van der Waals surface area contributed by atoms with Crippen LogP contribution in [-0.4, -0.2) is 18.1 Å². The molecule has 0 saturated heterocycles. The highest BCUT2D eigenvalue weighted by atomic mass is 79.9. The highest BCUT2D eigenvalue weighted by Gasteiger charge is 2.12. The Hall–Kier alpha value is -2.18. The van der Waals surface area contributed by atoms with Crippen molar-refractivity contribution >= 4 is 33.2 Å². The van der Waals surface area contributed by atoms with E-state index in [1.54, 1.807) is 7.11 Å². The molecule has 0 aliphatic carbocycles. The zero-order valence-corrected chi connectivity index (χ0v) is 16.7. The fraction of sp³-hybridized carbons (Fsp3) is 0.200. The number of ether oxygens (including phenoxy) is 2. The van der Waals surface area contributed by atoms with Crippen LogP contribution in [0.15, 0.2) is 58.4 Å². The summed E-state index contributed by atoms with van der Waals surface area (Å²) in [6.07, 6.45) is 1.04. The minimum atomic E-state index is -0.219. The van der Waals surface area contributed by atoms with Crippen LogP contribution in [0.3, 0.4) is 0 Å². The van der Waals surface area contributed by atoms with Gasteiger partial charge < -0.3 is 9.47 Å². The molecule has 0 fully saturated rings. The smallest absolute Gasteiger partial charge is 0.306 e. The van der Waals surface area contributed by atoms with Gasteiger partial charge in [-0.25, -0.2) is 4.98 Å². The number of hydrogen-bond donors (Lipinski definition) is 0. The first-order valence-corrected chi connectivity index (χ1v) is 9.81. The third-order valence-electron chi connectivity index (χ3n) is 3.79. The zero-order chi connectivity index (χ0) is 18.4. The van der Waals surface area contributed by atoms with Crippen LogP contribution >= 0.6 is 27.3 Å². The number of benzene rings is 2. The molecule has 0 unspecified atom stereocenters. The van der Waals surface area contributed by atoms with Crippen LogP contribution in [0.4, 0.5) is 0 Å². The maximum Gasteiger partial charge on any atom is 0.306 e. The molecule has 3 aromatic rings. The van der Waals surface area contributed by atoms with E-state index in [9.17, 15) is 4.79 Å². The largest absolute Gasteiger partial charge is 0.496 e. The van der Waals surface area contributed by atoms with Gasteiger partial charge in [-0.05, 0) is 30.2 Å². The fourth-order valence-electron chi connectivity index (χ4n) is 2.46. The first-order chi connectivity index (χ1) is 12.7. The fourth-order valence-corrected chi connectivity index (χ4v) is 3.65. The van der Waals surface area contributed by atoms with Gasteiger partial charge in [0.25, 0.3) is 0 Å². The average Bonchev–Trinajstić information content (AvgIpc) is 3.14. The van der Waals surface area contributed by atoms with Crippen molar-refractivity contribution in [1.29, 1.82) is 0 Å². The zero-order valence-electron chi connectivity index (χ0n) is 14.3. The van der Waals surface area contributed by atoms with Gasteiger partial charge in [0.1, 0.15) is 17.4 Å². The normalized spacial score (nSPS) is 10.5. The Morgan fingerprint density at radius 2 is 2.00 bits per heavy atom. The molecule has 1 heterocycles. The third-order valence-corrected chi connectivity index (χ3v) is 5.20. The third kappa shape index (κ3) is 4.93.